The summed E-state index contributed by atoms with van der Waals surface area (Å²) >= 11 is 0. The van der Waals surface area contributed by atoms with Crippen LogP contribution in [0.15, 0.2) is 18.2 Å². The molecule has 0 atom stereocenters. The van der Waals surface area contributed by atoms with E-state index in [2.05, 4.69) is 5.32 Å². The number of rotatable bonds is 2. The van der Waals surface area contributed by atoms with E-state index < -0.39 is 0 Å². The Morgan fingerprint density at radius 3 is 2.69 bits per heavy atom. The van der Waals surface area contributed by atoms with Gasteiger partial charge in [0.1, 0.15) is 11.6 Å². The van der Waals surface area contributed by atoms with Crippen molar-refractivity contribution < 1.29 is 5.11 Å². The molecule has 16 heavy (non-hydrogen) atoms. The first-order chi connectivity index (χ1) is 7.66. The third-order valence-corrected chi connectivity index (χ3v) is 3.02. The van der Waals surface area contributed by atoms with E-state index >= 15 is 0 Å². The van der Waals surface area contributed by atoms with Crippen LogP contribution in [0.5, 0.6) is 5.75 Å². The fraction of sp³-hybridized carbons (Fsp3) is 0.417. The molecule has 1 aliphatic rings. The molecule has 1 fully saturated rings. The second-order valence-electron chi connectivity index (χ2n) is 4.27. The molecule has 0 amide bonds. The maximum atomic E-state index is 9.46. The van der Waals surface area contributed by atoms with Crippen molar-refractivity contribution >= 4 is 11.5 Å². The zero-order chi connectivity index (χ0) is 11.5. The predicted octanol–water partition coefficient (Wildman–Crippen LogP) is 1.83. The van der Waals surface area contributed by atoms with Crippen LogP contribution in [0, 0.1) is 5.41 Å². The van der Waals surface area contributed by atoms with Crippen molar-refractivity contribution in [1.82, 2.24) is 5.32 Å². The summed E-state index contributed by atoms with van der Waals surface area (Å²) in [6.45, 7) is 0. The van der Waals surface area contributed by atoms with E-state index in [1.807, 2.05) is 0 Å². The number of nitrogen functional groups attached to an aromatic ring is 1. The number of hydrogen-bond donors (Lipinski definition) is 4. The molecule has 0 unspecified atom stereocenters. The highest BCUT2D eigenvalue weighted by molar-refractivity contribution is 5.97. The van der Waals surface area contributed by atoms with Gasteiger partial charge in [-0.15, -0.1) is 0 Å². The fourth-order valence-electron chi connectivity index (χ4n) is 2.06. The van der Waals surface area contributed by atoms with Crippen LogP contribution in [0.1, 0.15) is 31.2 Å². The van der Waals surface area contributed by atoms with E-state index in [4.69, 9.17) is 11.1 Å². The van der Waals surface area contributed by atoms with Crippen molar-refractivity contribution in [3.05, 3.63) is 23.8 Å². The van der Waals surface area contributed by atoms with Crippen molar-refractivity contribution in [1.29, 1.82) is 5.41 Å². The van der Waals surface area contributed by atoms with Gasteiger partial charge in [-0.1, -0.05) is 12.8 Å². The molecule has 4 heteroatoms. The largest absolute Gasteiger partial charge is 0.506 e. The average Bonchev–Trinajstić information content (AvgIpc) is 2.74. The number of benzene rings is 1. The molecule has 5 N–H and O–H groups in total. The molecule has 0 bridgehead atoms. The van der Waals surface area contributed by atoms with Crippen LogP contribution in [0.3, 0.4) is 0 Å². The molecule has 4 nitrogen and oxygen atoms in total. The van der Waals surface area contributed by atoms with Gasteiger partial charge in [0, 0.05) is 11.6 Å². The number of amidine groups is 1. The van der Waals surface area contributed by atoms with Crippen LogP contribution < -0.4 is 11.1 Å². The van der Waals surface area contributed by atoms with Crippen LogP contribution >= 0.6 is 0 Å². The van der Waals surface area contributed by atoms with Crippen LogP contribution in [0.4, 0.5) is 5.69 Å². The molecule has 1 aromatic rings. The summed E-state index contributed by atoms with van der Waals surface area (Å²) in [6, 6.07) is 5.31. The minimum Gasteiger partial charge on any atom is -0.506 e. The molecule has 2 rings (SSSR count). The standard InChI is InChI=1S/C12H17N3O/c13-10-6-5-8(7-11(10)16)12(14)15-9-3-1-2-4-9/h5-7,9,16H,1-4,13H2,(H2,14,15). The second-order valence-corrected chi connectivity index (χ2v) is 4.27. The summed E-state index contributed by atoms with van der Waals surface area (Å²) in [4.78, 5) is 0. The number of phenolic OH excluding ortho intramolecular Hbond substituents is 1. The van der Waals surface area contributed by atoms with Crippen molar-refractivity contribution in [2.75, 3.05) is 5.73 Å². The minimum absolute atomic E-state index is 0.0375. The van der Waals surface area contributed by atoms with Gasteiger partial charge in [-0.25, -0.2) is 0 Å². The van der Waals surface area contributed by atoms with Gasteiger partial charge < -0.3 is 16.2 Å². The second kappa shape index (κ2) is 4.43. The highest BCUT2D eigenvalue weighted by atomic mass is 16.3. The van der Waals surface area contributed by atoms with Crippen LogP contribution in [0.25, 0.3) is 0 Å². The van der Waals surface area contributed by atoms with Gasteiger partial charge in [-0.3, -0.25) is 5.41 Å². The summed E-state index contributed by atoms with van der Waals surface area (Å²) in [7, 11) is 0. The first-order valence-corrected chi connectivity index (χ1v) is 5.61. The van der Waals surface area contributed by atoms with Gasteiger partial charge >= 0.3 is 0 Å². The third-order valence-electron chi connectivity index (χ3n) is 3.02. The Morgan fingerprint density at radius 1 is 1.38 bits per heavy atom. The number of anilines is 1. The lowest BCUT2D eigenvalue weighted by Gasteiger charge is -2.14. The van der Waals surface area contributed by atoms with Gasteiger partial charge in [0.25, 0.3) is 0 Å². The zero-order valence-electron chi connectivity index (χ0n) is 9.16. The predicted molar refractivity (Wildman–Crippen MR) is 64.7 cm³/mol. The topological polar surface area (TPSA) is 82.1 Å². The Hall–Kier alpha value is -1.71. The highest BCUT2D eigenvalue weighted by Gasteiger charge is 2.16. The lowest BCUT2D eigenvalue weighted by atomic mass is 10.1. The monoisotopic (exact) mass is 219 g/mol. The number of nitrogens with two attached hydrogens (primary N) is 1. The molecule has 0 aliphatic heterocycles. The SMILES string of the molecule is N=C(NC1CCCC1)c1ccc(N)c(O)c1. The number of aromatic hydroxyl groups is 1. The first-order valence-electron chi connectivity index (χ1n) is 5.61. The Labute approximate surface area is 95.0 Å². The molecule has 0 saturated heterocycles. The number of hydrogen-bond acceptors (Lipinski definition) is 3. The van der Waals surface area contributed by atoms with Gasteiger partial charge in [-0.2, -0.15) is 0 Å². The molecule has 0 aromatic heterocycles. The highest BCUT2D eigenvalue weighted by Crippen LogP contribution is 2.22. The van der Waals surface area contributed by atoms with E-state index in [0.717, 1.165) is 12.8 Å². The summed E-state index contributed by atoms with van der Waals surface area (Å²) in [5, 5.41) is 20.5. The molecular weight excluding hydrogens is 202 g/mol. The van der Waals surface area contributed by atoms with Gasteiger partial charge in [0.05, 0.1) is 5.69 Å². The van der Waals surface area contributed by atoms with Crippen molar-refractivity contribution in [2.24, 2.45) is 0 Å². The molecule has 86 valence electrons. The average molecular weight is 219 g/mol. The fourth-order valence-corrected chi connectivity index (χ4v) is 2.06. The molecule has 1 aromatic carbocycles. The molecule has 0 spiro atoms. The normalized spacial score (nSPS) is 16.2. The van der Waals surface area contributed by atoms with Gasteiger partial charge in [-0.05, 0) is 31.0 Å². The number of phenols is 1. The van der Waals surface area contributed by atoms with Crippen molar-refractivity contribution in [3.63, 3.8) is 0 Å². The zero-order valence-corrected chi connectivity index (χ0v) is 9.16. The van der Waals surface area contributed by atoms with Crippen LogP contribution in [-0.2, 0) is 0 Å². The Kier molecular flexibility index (Phi) is 2.99. The van der Waals surface area contributed by atoms with E-state index in [1.54, 1.807) is 12.1 Å². The summed E-state index contributed by atoms with van der Waals surface area (Å²) in [5.74, 6) is 0.401. The third kappa shape index (κ3) is 2.27. The molecule has 1 aliphatic carbocycles. The maximum Gasteiger partial charge on any atom is 0.139 e. The van der Waals surface area contributed by atoms with E-state index in [9.17, 15) is 5.11 Å². The smallest absolute Gasteiger partial charge is 0.139 e. The van der Waals surface area contributed by atoms with Gasteiger partial charge in [0.2, 0.25) is 0 Å². The van der Waals surface area contributed by atoms with E-state index in [1.165, 1.54) is 18.9 Å². The van der Waals surface area contributed by atoms with Crippen LogP contribution in [-0.4, -0.2) is 17.0 Å². The molecule has 0 radical (unpaired) electrons. The van der Waals surface area contributed by atoms with E-state index in [0.29, 0.717) is 23.1 Å². The van der Waals surface area contributed by atoms with Crippen molar-refractivity contribution in [3.8, 4) is 5.75 Å². The molecule has 1 saturated carbocycles. The lowest BCUT2D eigenvalue weighted by molar-refractivity contribution is 0.478. The number of nitrogens with one attached hydrogen (secondary N) is 2. The maximum absolute atomic E-state index is 9.46. The lowest BCUT2D eigenvalue weighted by Crippen LogP contribution is -2.32. The van der Waals surface area contributed by atoms with Gasteiger partial charge in [0.15, 0.2) is 0 Å². The summed E-state index contributed by atoms with van der Waals surface area (Å²) < 4.78 is 0. The minimum atomic E-state index is 0.0375. The van der Waals surface area contributed by atoms with Crippen LogP contribution in [0.2, 0.25) is 0 Å². The molecular formula is C12H17N3O. The first kappa shape index (κ1) is 10.8. The summed E-state index contributed by atoms with van der Waals surface area (Å²) in [5.41, 5.74) is 6.54. The molecule has 0 heterocycles. The van der Waals surface area contributed by atoms with Crippen molar-refractivity contribution in [2.45, 2.75) is 31.7 Å². The Balaban J connectivity index is 2.05. The summed E-state index contributed by atoms with van der Waals surface area (Å²) in [6.07, 6.45) is 4.72. The quantitative estimate of drug-likeness (QED) is 0.265. The van der Waals surface area contributed by atoms with E-state index in [-0.39, 0.29) is 5.75 Å². The Bertz CT molecular complexity index is 397. The Morgan fingerprint density at radius 2 is 2.06 bits per heavy atom.